The topological polar surface area (TPSA) is 37.4 Å². The van der Waals surface area contributed by atoms with Crippen molar-refractivity contribution in [1.29, 1.82) is 0 Å². The molecule has 9 heteroatoms. The van der Waals surface area contributed by atoms with Gasteiger partial charge in [-0.15, -0.1) is 0 Å². The van der Waals surface area contributed by atoms with E-state index in [1.807, 2.05) is 0 Å². The van der Waals surface area contributed by atoms with Crippen LogP contribution in [-0.2, 0) is 10.0 Å². The molecule has 0 aromatic heterocycles. The number of hydrogen-bond acceptors (Lipinski definition) is 2. The van der Waals surface area contributed by atoms with Gasteiger partial charge >= 0.3 is 6.18 Å². The van der Waals surface area contributed by atoms with Crippen molar-refractivity contribution in [2.75, 3.05) is 13.1 Å². The van der Waals surface area contributed by atoms with Gasteiger partial charge in [0.1, 0.15) is 5.82 Å². The SMILES string of the molecule is CCN(CCC(F)(F)F)S(=O)(=O)c1ccc(F)c(Cl)c1. The average molecular weight is 334 g/mol. The maximum absolute atomic E-state index is 13.0. The minimum atomic E-state index is -4.45. The van der Waals surface area contributed by atoms with Crippen LogP contribution in [-0.4, -0.2) is 32.0 Å². The van der Waals surface area contributed by atoms with E-state index in [-0.39, 0.29) is 11.4 Å². The van der Waals surface area contributed by atoms with Crippen molar-refractivity contribution in [3.05, 3.63) is 29.0 Å². The van der Waals surface area contributed by atoms with Crippen molar-refractivity contribution in [3.8, 4) is 0 Å². The standard InChI is InChI=1S/C11H12ClF4NO2S/c1-2-17(6-5-11(14,15)16)20(18,19)8-3-4-10(13)9(12)7-8/h3-4,7H,2,5-6H2,1H3. The van der Waals surface area contributed by atoms with Crippen molar-refractivity contribution >= 4 is 21.6 Å². The van der Waals surface area contributed by atoms with Crippen molar-refractivity contribution in [1.82, 2.24) is 4.31 Å². The molecule has 0 saturated carbocycles. The van der Waals surface area contributed by atoms with Gasteiger partial charge in [-0.1, -0.05) is 18.5 Å². The molecule has 114 valence electrons. The Kier molecular flexibility index (Phi) is 5.39. The fraction of sp³-hybridized carbons (Fsp3) is 0.455. The van der Waals surface area contributed by atoms with Gasteiger partial charge in [0.25, 0.3) is 0 Å². The predicted octanol–water partition coefficient (Wildman–Crippen LogP) is 3.44. The molecule has 0 amide bonds. The molecular formula is C11H12ClF4NO2S. The molecule has 1 aromatic carbocycles. The maximum Gasteiger partial charge on any atom is 0.390 e. The minimum absolute atomic E-state index is 0.132. The van der Waals surface area contributed by atoms with Crippen LogP contribution in [0.5, 0.6) is 0 Å². The van der Waals surface area contributed by atoms with Gasteiger partial charge < -0.3 is 0 Å². The number of nitrogens with zero attached hydrogens (tertiary/aromatic N) is 1. The Bertz CT molecular complexity index is 574. The normalized spacial score (nSPS) is 12.9. The maximum atomic E-state index is 13.0. The largest absolute Gasteiger partial charge is 0.390 e. The summed E-state index contributed by atoms with van der Waals surface area (Å²) >= 11 is 5.48. The lowest BCUT2D eigenvalue weighted by molar-refractivity contribution is -0.135. The van der Waals surface area contributed by atoms with E-state index in [0.29, 0.717) is 4.31 Å². The molecule has 0 atom stereocenters. The molecule has 1 aromatic rings. The van der Waals surface area contributed by atoms with Crippen LogP contribution in [0.4, 0.5) is 17.6 Å². The number of benzene rings is 1. The number of alkyl halides is 3. The summed E-state index contributed by atoms with van der Waals surface area (Å²) in [5.74, 6) is -0.802. The van der Waals surface area contributed by atoms with E-state index < -0.39 is 40.0 Å². The van der Waals surface area contributed by atoms with Gasteiger partial charge in [0.05, 0.1) is 16.3 Å². The smallest absolute Gasteiger partial charge is 0.207 e. The minimum Gasteiger partial charge on any atom is -0.207 e. The zero-order chi connectivity index (χ0) is 15.6. The Morgan fingerprint density at radius 1 is 1.30 bits per heavy atom. The zero-order valence-electron chi connectivity index (χ0n) is 10.4. The van der Waals surface area contributed by atoms with Crippen LogP contribution >= 0.6 is 11.6 Å². The molecule has 0 fully saturated rings. The van der Waals surface area contributed by atoms with E-state index in [4.69, 9.17) is 11.6 Å². The third kappa shape index (κ3) is 4.32. The summed E-state index contributed by atoms with van der Waals surface area (Å²) in [6.45, 7) is 0.587. The van der Waals surface area contributed by atoms with Gasteiger partial charge in [-0.2, -0.15) is 17.5 Å². The van der Waals surface area contributed by atoms with Gasteiger partial charge in [0.2, 0.25) is 10.0 Å². The van der Waals surface area contributed by atoms with Gasteiger partial charge in [-0.3, -0.25) is 0 Å². The molecule has 0 N–H and O–H groups in total. The second-order valence-corrected chi connectivity index (χ2v) is 6.28. The van der Waals surface area contributed by atoms with Gasteiger partial charge in [-0.05, 0) is 18.2 Å². The number of halogens is 5. The van der Waals surface area contributed by atoms with E-state index in [0.717, 1.165) is 18.2 Å². The lowest BCUT2D eigenvalue weighted by atomic mass is 10.3. The highest BCUT2D eigenvalue weighted by Gasteiger charge is 2.31. The second kappa shape index (κ2) is 6.28. The first-order valence-electron chi connectivity index (χ1n) is 5.60. The highest BCUT2D eigenvalue weighted by molar-refractivity contribution is 7.89. The highest BCUT2D eigenvalue weighted by atomic mass is 35.5. The first-order valence-corrected chi connectivity index (χ1v) is 7.41. The first kappa shape index (κ1) is 17.2. The van der Waals surface area contributed by atoms with Crippen molar-refractivity contribution in [2.45, 2.75) is 24.4 Å². The fourth-order valence-corrected chi connectivity index (χ4v) is 3.21. The van der Waals surface area contributed by atoms with E-state index in [1.165, 1.54) is 6.92 Å². The first-order chi connectivity index (χ1) is 9.08. The van der Waals surface area contributed by atoms with Gasteiger partial charge in [0, 0.05) is 13.1 Å². The highest BCUT2D eigenvalue weighted by Crippen LogP contribution is 2.25. The van der Waals surface area contributed by atoms with Crippen LogP contribution in [0, 0.1) is 5.82 Å². The fourth-order valence-electron chi connectivity index (χ4n) is 1.49. The predicted molar refractivity (Wildman–Crippen MR) is 66.5 cm³/mol. The Morgan fingerprint density at radius 3 is 2.35 bits per heavy atom. The van der Waals surface area contributed by atoms with Crippen molar-refractivity contribution < 1.29 is 26.0 Å². The van der Waals surface area contributed by atoms with Crippen molar-refractivity contribution in [2.24, 2.45) is 0 Å². The number of sulfonamides is 1. The lowest BCUT2D eigenvalue weighted by Gasteiger charge is -2.21. The number of hydrogen-bond donors (Lipinski definition) is 0. The summed E-state index contributed by atoms with van der Waals surface area (Å²) in [5.41, 5.74) is 0. The van der Waals surface area contributed by atoms with Crippen LogP contribution in [0.1, 0.15) is 13.3 Å². The van der Waals surface area contributed by atoms with Gasteiger partial charge in [0.15, 0.2) is 0 Å². The summed E-state index contributed by atoms with van der Waals surface area (Å²) in [7, 11) is -4.13. The van der Waals surface area contributed by atoms with Gasteiger partial charge in [-0.25, -0.2) is 12.8 Å². The molecular weight excluding hydrogens is 322 g/mol. The summed E-state index contributed by atoms with van der Waals surface area (Å²) < 4.78 is 74.4. The molecule has 0 spiro atoms. The second-order valence-electron chi connectivity index (χ2n) is 3.94. The van der Waals surface area contributed by atoms with Crippen LogP contribution < -0.4 is 0 Å². The third-order valence-electron chi connectivity index (χ3n) is 2.53. The molecule has 0 saturated heterocycles. The van der Waals surface area contributed by atoms with Crippen LogP contribution in [0.15, 0.2) is 23.1 Å². The Labute approximate surface area is 119 Å². The third-order valence-corrected chi connectivity index (χ3v) is 4.79. The Balaban J connectivity index is 3.02. The molecule has 0 heterocycles. The summed E-state index contributed by atoms with van der Waals surface area (Å²) in [5, 5.41) is -0.405. The molecule has 0 radical (unpaired) electrons. The Hall–Kier alpha value is -0.860. The van der Waals surface area contributed by atoms with E-state index in [2.05, 4.69) is 0 Å². The van der Waals surface area contributed by atoms with Crippen LogP contribution in [0.2, 0.25) is 5.02 Å². The summed E-state index contributed by atoms with van der Waals surface area (Å²) in [6, 6.07) is 2.70. The van der Waals surface area contributed by atoms with Crippen LogP contribution in [0.25, 0.3) is 0 Å². The quantitative estimate of drug-likeness (QED) is 0.774. The molecule has 0 aliphatic carbocycles. The molecule has 20 heavy (non-hydrogen) atoms. The lowest BCUT2D eigenvalue weighted by Crippen LogP contribution is -2.34. The molecule has 0 aliphatic heterocycles. The van der Waals surface area contributed by atoms with E-state index in [1.54, 1.807) is 0 Å². The summed E-state index contributed by atoms with van der Waals surface area (Å²) in [6.07, 6.45) is -5.71. The summed E-state index contributed by atoms with van der Waals surface area (Å²) in [4.78, 5) is -0.340. The molecule has 0 bridgehead atoms. The Morgan fingerprint density at radius 2 is 1.90 bits per heavy atom. The molecule has 0 aliphatic rings. The molecule has 3 nitrogen and oxygen atoms in total. The van der Waals surface area contributed by atoms with E-state index >= 15 is 0 Å². The average Bonchev–Trinajstić information content (AvgIpc) is 2.31. The molecule has 1 rings (SSSR count). The monoisotopic (exact) mass is 333 g/mol. The zero-order valence-corrected chi connectivity index (χ0v) is 12.0. The van der Waals surface area contributed by atoms with Crippen LogP contribution in [0.3, 0.4) is 0 Å². The molecule has 0 unspecified atom stereocenters. The van der Waals surface area contributed by atoms with Crippen molar-refractivity contribution in [3.63, 3.8) is 0 Å². The van der Waals surface area contributed by atoms with E-state index in [9.17, 15) is 26.0 Å². The number of rotatable bonds is 5.